The molecule has 0 amide bonds. The summed E-state index contributed by atoms with van der Waals surface area (Å²) < 4.78 is 0. The molecule has 1 aromatic carbocycles. The third kappa shape index (κ3) is 2.84. The Labute approximate surface area is 124 Å². The summed E-state index contributed by atoms with van der Waals surface area (Å²) in [6.07, 6.45) is 6.40. The fourth-order valence-electron chi connectivity index (χ4n) is 2.15. The van der Waals surface area contributed by atoms with Gasteiger partial charge in [0, 0.05) is 34.5 Å². The Morgan fingerprint density at radius 1 is 1.38 bits per heavy atom. The first-order chi connectivity index (χ1) is 7.29. The maximum Gasteiger partial charge on any atom is 0.0693 e. The van der Waals surface area contributed by atoms with E-state index in [0.29, 0.717) is 0 Å². The molecule has 16 heavy (non-hydrogen) atoms. The van der Waals surface area contributed by atoms with E-state index in [9.17, 15) is 5.26 Å². The summed E-state index contributed by atoms with van der Waals surface area (Å²) in [5.74, 6) is 0. The molecule has 1 nitrogen and oxygen atoms in total. The van der Waals surface area contributed by atoms with Crippen LogP contribution in [0.4, 0.5) is 0 Å². The van der Waals surface area contributed by atoms with E-state index in [2.05, 4.69) is 36.6 Å². The van der Waals surface area contributed by atoms with Gasteiger partial charge in [-0.1, -0.05) is 24.6 Å². The van der Waals surface area contributed by atoms with E-state index in [1.807, 2.05) is 0 Å². The smallest absolute Gasteiger partial charge is 0.0693 e. The molecule has 0 spiro atoms. The largest absolute Gasteiger partial charge is 0.198 e. The van der Waals surface area contributed by atoms with Gasteiger partial charge >= 0.3 is 0 Å². The molecule has 3 heteroatoms. The van der Waals surface area contributed by atoms with Crippen LogP contribution in [-0.4, -0.2) is 35.8 Å². The number of nitrogens with zero attached hydrogens (tertiary/aromatic N) is 1. The van der Waals surface area contributed by atoms with E-state index in [1.54, 1.807) is 11.8 Å². The molecule has 0 bridgehead atoms. The van der Waals surface area contributed by atoms with Crippen LogP contribution in [0.3, 0.4) is 0 Å². The van der Waals surface area contributed by atoms with E-state index < -0.39 is 0 Å². The van der Waals surface area contributed by atoms with Crippen LogP contribution in [0.2, 0.25) is 0 Å². The van der Waals surface area contributed by atoms with Crippen LogP contribution in [0.25, 0.3) is 0 Å². The van der Waals surface area contributed by atoms with Gasteiger partial charge < -0.3 is 0 Å². The van der Waals surface area contributed by atoms with Crippen LogP contribution in [0.5, 0.6) is 0 Å². The number of hydrogen-bond acceptors (Lipinski definition) is 2. The zero-order valence-electron chi connectivity index (χ0n) is 9.99. The van der Waals surface area contributed by atoms with Gasteiger partial charge in [-0.3, -0.25) is 0 Å². The Morgan fingerprint density at radius 2 is 2.06 bits per heavy atom. The fourth-order valence-corrected chi connectivity index (χ4v) is 2.76. The molecule has 1 fully saturated rings. The number of nitriles is 1. The third-order valence-electron chi connectivity index (χ3n) is 3.27. The molecule has 1 saturated carbocycles. The van der Waals surface area contributed by atoms with Gasteiger partial charge in [0.15, 0.2) is 0 Å². The third-order valence-corrected chi connectivity index (χ3v) is 4.11. The van der Waals surface area contributed by atoms with Crippen molar-refractivity contribution >= 4 is 41.3 Å². The van der Waals surface area contributed by atoms with Crippen molar-refractivity contribution in [2.75, 3.05) is 6.26 Å². The maximum atomic E-state index is 9.20. The topological polar surface area (TPSA) is 23.8 Å². The molecule has 0 N–H and O–H groups in total. The van der Waals surface area contributed by atoms with Crippen LogP contribution in [0.1, 0.15) is 24.8 Å². The Hall–Kier alpha value is 0.0600. The monoisotopic (exact) mass is 240 g/mol. The Balaban J connectivity index is 0.00000128. The SMILES string of the molecule is CSc1ccccc1CC1(C#N)CCC1.[Na]. The fraction of sp³-hybridized carbons (Fsp3) is 0.462. The predicted molar refractivity (Wildman–Crippen MR) is 69.6 cm³/mol. The van der Waals surface area contributed by atoms with Gasteiger partial charge in [-0.05, 0) is 37.1 Å². The summed E-state index contributed by atoms with van der Waals surface area (Å²) in [6.45, 7) is 0. The molecule has 2 rings (SSSR count). The Kier molecular flexibility index (Phi) is 5.40. The maximum absolute atomic E-state index is 9.20. The average Bonchev–Trinajstić information content (AvgIpc) is 2.24. The Morgan fingerprint density at radius 3 is 2.56 bits per heavy atom. The molecule has 0 aliphatic heterocycles. The molecular formula is C13H15NNaS. The molecule has 1 aromatic rings. The molecule has 0 unspecified atom stereocenters. The molecule has 1 aliphatic rings. The average molecular weight is 240 g/mol. The van der Waals surface area contributed by atoms with Crippen molar-refractivity contribution in [2.45, 2.75) is 30.6 Å². The van der Waals surface area contributed by atoms with E-state index >= 15 is 0 Å². The zero-order valence-corrected chi connectivity index (χ0v) is 12.8. The quantitative estimate of drug-likeness (QED) is 0.598. The molecule has 0 atom stereocenters. The van der Waals surface area contributed by atoms with Crippen molar-refractivity contribution in [1.82, 2.24) is 0 Å². The van der Waals surface area contributed by atoms with E-state index in [0.717, 1.165) is 19.3 Å². The van der Waals surface area contributed by atoms with E-state index in [1.165, 1.54) is 16.9 Å². The summed E-state index contributed by atoms with van der Waals surface area (Å²) in [6, 6.07) is 10.9. The summed E-state index contributed by atoms with van der Waals surface area (Å²) in [5, 5.41) is 9.20. The molecule has 0 saturated heterocycles. The minimum absolute atomic E-state index is 0. The van der Waals surface area contributed by atoms with Crippen molar-refractivity contribution in [1.29, 1.82) is 5.26 Å². The van der Waals surface area contributed by atoms with Crippen LogP contribution >= 0.6 is 11.8 Å². The summed E-state index contributed by atoms with van der Waals surface area (Å²) in [5.41, 5.74) is 1.29. The van der Waals surface area contributed by atoms with Crippen molar-refractivity contribution in [3.05, 3.63) is 29.8 Å². The van der Waals surface area contributed by atoms with Crippen molar-refractivity contribution in [3.8, 4) is 6.07 Å². The van der Waals surface area contributed by atoms with Crippen molar-refractivity contribution in [3.63, 3.8) is 0 Å². The second kappa shape index (κ2) is 6.12. The second-order valence-electron chi connectivity index (χ2n) is 4.23. The van der Waals surface area contributed by atoms with Gasteiger partial charge in [-0.25, -0.2) is 0 Å². The number of hydrogen-bond donors (Lipinski definition) is 0. The summed E-state index contributed by atoms with van der Waals surface area (Å²) in [4.78, 5) is 1.32. The van der Waals surface area contributed by atoms with E-state index in [-0.39, 0.29) is 35.0 Å². The number of thioether (sulfide) groups is 1. The van der Waals surface area contributed by atoms with Crippen molar-refractivity contribution in [2.24, 2.45) is 5.41 Å². The van der Waals surface area contributed by atoms with Crippen molar-refractivity contribution < 1.29 is 0 Å². The van der Waals surface area contributed by atoms with Gasteiger partial charge in [0.2, 0.25) is 0 Å². The minimum Gasteiger partial charge on any atom is -0.198 e. The molecule has 0 aromatic heterocycles. The summed E-state index contributed by atoms with van der Waals surface area (Å²) >= 11 is 1.77. The molecular weight excluding hydrogens is 225 g/mol. The Bertz CT molecular complexity index is 393. The first-order valence-electron chi connectivity index (χ1n) is 5.33. The molecule has 1 radical (unpaired) electrons. The van der Waals surface area contributed by atoms with E-state index in [4.69, 9.17) is 0 Å². The van der Waals surface area contributed by atoms with Crippen LogP contribution in [-0.2, 0) is 6.42 Å². The molecule has 0 heterocycles. The van der Waals surface area contributed by atoms with Crippen LogP contribution in [0.15, 0.2) is 29.2 Å². The van der Waals surface area contributed by atoms with Gasteiger partial charge in [-0.15, -0.1) is 11.8 Å². The molecule has 79 valence electrons. The normalized spacial score (nSPS) is 16.8. The summed E-state index contributed by atoms with van der Waals surface area (Å²) in [7, 11) is 0. The zero-order chi connectivity index (χ0) is 10.7. The van der Waals surface area contributed by atoms with Gasteiger partial charge in [-0.2, -0.15) is 5.26 Å². The minimum atomic E-state index is -0.0498. The first kappa shape index (κ1) is 14.1. The van der Waals surface area contributed by atoms with Gasteiger partial charge in [0.05, 0.1) is 11.5 Å². The van der Waals surface area contributed by atoms with Crippen LogP contribution in [0, 0.1) is 16.7 Å². The van der Waals surface area contributed by atoms with Gasteiger partial charge in [0.1, 0.15) is 0 Å². The molecule has 1 aliphatic carbocycles. The first-order valence-corrected chi connectivity index (χ1v) is 6.55. The van der Waals surface area contributed by atoms with Gasteiger partial charge in [0.25, 0.3) is 0 Å². The predicted octanol–water partition coefficient (Wildman–Crippen LogP) is 3.26. The number of rotatable bonds is 3. The standard InChI is InChI=1S/C13H15NS.Na/c1-15-12-6-3-2-5-11(12)9-13(10-14)7-4-8-13;/h2-3,5-6H,4,7-9H2,1H3;. The number of benzene rings is 1. The second-order valence-corrected chi connectivity index (χ2v) is 5.08. The van der Waals surface area contributed by atoms with Crippen LogP contribution < -0.4 is 0 Å².